The molecule has 6 heteroatoms. The Labute approximate surface area is 142 Å². The van der Waals surface area contributed by atoms with E-state index in [-0.39, 0.29) is 11.7 Å². The lowest BCUT2D eigenvalue weighted by Gasteiger charge is -2.03. The summed E-state index contributed by atoms with van der Waals surface area (Å²) in [6, 6.07) is 13.1. The van der Waals surface area contributed by atoms with Gasteiger partial charge in [-0.05, 0) is 48.5 Å². The van der Waals surface area contributed by atoms with E-state index < -0.39 is 0 Å². The molecule has 0 aliphatic carbocycles. The van der Waals surface area contributed by atoms with Crippen LogP contribution in [0.5, 0.6) is 5.75 Å². The van der Waals surface area contributed by atoms with Crippen LogP contribution >= 0.6 is 11.3 Å². The van der Waals surface area contributed by atoms with Gasteiger partial charge in [-0.1, -0.05) is 0 Å². The van der Waals surface area contributed by atoms with E-state index >= 15 is 0 Å². The summed E-state index contributed by atoms with van der Waals surface area (Å²) in [4.78, 5) is 16.5. The number of rotatable bonds is 5. The lowest BCUT2D eigenvalue weighted by molar-refractivity contribution is 0.0950. The van der Waals surface area contributed by atoms with Gasteiger partial charge in [-0.15, -0.1) is 11.3 Å². The number of amides is 1. The van der Waals surface area contributed by atoms with Crippen molar-refractivity contribution in [2.75, 3.05) is 7.11 Å². The Hall–Kier alpha value is -2.73. The number of aromatic nitrogens is 1. The Bertz CT molecular complexity index is 829. The van der Waals surface area contributed by atoms with Gasteiger partial charge in [0.2, 0.25) is 0 Å². The highest BCUT2D eigenvalue weighted by molar-refractivity contribution is 7.13. The number of thiazole rings is 1. The lowest BCUT2D eigenvalue weighted by atomic mass is 10.2. The highest BCUT2D eigenvalue weighted by Crippen LogP contribution is 2.25. The number of hydrogen-bond acceptors (Lipinski definition) is 4. The first-order valence-electron chi connectivity index (χ1n) is 7.28. The summed E-state index contributed by atoms with van der Waals surface area (Å²) in [5.74, 6) is 0.172. The maximum Gasteiger partial charge on any atom is 0.251 e. The number of halogens is 1. The van der Waals surface area contributed by atoms with Gasteiger partial charge in [-0.2, -0.15) is 0 Å². The third-order valence-corrected chi connectivity index (χ3v) is 4.37. The number of methoxy groups -OCH3 is 1. The van der Waals surface area contributed by atoms with Crippen molar-refractivity contribution in [2.24, 2.45) is 0 Å². The molecule has 1 aromatic heterocycles. The Morgan fingerprint density at radius 3 is 2.54 bits per heavy atom. The number of carbonyl (C=O) groups excluding carboxylic acids is 1. The average Bonchev–Trinajstić information content (AvgIpc) is 3.09. The zero-order chi connectivity index (χ0) is 16.9. The summed E-state index contributed by atoms with van der Waals surface area (Å²) >= 11 is 1.51. The second-order valence-electron chi connectivity index (χ2n) is 5.06. The Kier molecular flexibility index (Phi) is 4.86. The van der Waals surface area contributed by atoms with Gasteiger partial charge >= 0.3 is 0 Å². The minimum absolute atomic E-state index is 0.256. The van der Waals surface area contributed by atoms with Crippen LogP contribution in [-0.4, -0.2) is 18.0 Å². The van der Waals surface area contributed by atoms with Crippen molar-refractivity contribution in [1.82, 2.24) is 10.3 Å². The highest BCUT2D eigenvalue weighted by atomic mass is 32.1. The highest BCUT2D eigenvalue weighted by Gasteiger charge is 2.08. The van der Waals surface area contributed by atoms with Gasteiger partial charge in [0, 0.05) is 16.5 Å². The molecule has 0 fully saturated rings. The van der Waals surface area contributed by atoms with Crippen LogP contribution in [0.2, 0.25) is 0 Å². The van der Waals surface area contributed by atoms with Crippen LogP contribution in [0.25, 0.3) is 10.6 Å². The lowest BCUT2D eigenvalue weighted by Crippen LogP contribution is -2.22. The largest absolute Gasteiger partial charge is 0.497 e. The topological polar surface area (TPSA) is 51.2 Å². The van der Waals surface area contributed by atoms with Crippen molar-refractivity contribution in [3.8, 4) is 16.3 Å². The number of hydrogen-bond donors (Lipinski definition) is 1. The van der Waals surface area contributed by atoms with E-state index in [9.17, 15) is 9.18 Å². The van der Waals surface area contributed by atoms with Crippen LogP contribution in [0.3, 0.4) is 0 Å². The van der Waals surface area contributed by atoms with Crippen molar-refractivity contribution in [1.29, 1.82) is 0 Å². The standard InChI is InChI=1S/C18H15FN2O2S/c1-23-16-8-4-13(5-9-16)18-21-15(11-24-18)10-20-17(22)12-2-6-14(19)7-3-12/h2-9,11H,10H2,1H3,(H,20,22). The molecule has 4 nitrogen and oxygen atoms in total. The minimum Gasteiger partial charge on any atom is -0.497 e. The molecule has 3 aromatic rings. The molecule has 0 radical (unpaired) electrons. The minimum atomic E-state index is -0.366. The fourth-order valence-corrected chi connectivity index (χ4v) is 2.95. The predicted octanol–water partition coefficient (Wildman–Crippen LogP) is 3.89. The molecule has 2 aromatic carbocycles. The third kappa shape index (κ3) is 3.78. The third-order valence-electron chi connectivity index (χ3n) is 3.43. The molecule has 1 heterocycles. The van der Waals surface area contributed by atoms with E-state index in [1.54, 1.807) is 7.11 Å². The van der Waals surface area contributed by atoms with Crippen LogP contribution in [0.1, 0.15) is 16.1 Å². The van der Waals surface area contributed by atoms with Crippen LogP contribution in [0, 0.1) is 5.82 Å². The first-order valence-corrected chi connectivity index (χ1v) is 8.16. The normalized spacial score (nSPS) is 10.4. The zero-order valence-electron chi connectivity index (χ0n) is 13.0. The average molecular weight is 342 g/mol. The van der Waals surface area contributed by atoms with Gasteiger partial charge in [-0.3, -0.25) is 4.79 Å². The van der Waals surface area contributed by atoms with Crippen molar-refractivity contribution < 1.29 is 13.9 Å². The van der Waals surface area contributed by atoms with Crippen molar-refractivity contribution in [3.63, 3.8) is 0 Å². The maximum atomic E-state index is 12.9. The van der Waals surface area contributed by atoms with Crippen LogP contribution in [0.4, 0.5) is 4.39 Å². The molecular weight excluding hydrogens is 327 g/mol. The molecule has 0 spiro atoms. The quantitative estimate of drug-likeness (QED) is 0.765. The van der Waals surface area contributed by atoms with E-state index in [0.717, 1.165) is 22.0 Å². The summed E-state index contributed by atoms with van der Waals surface area (Å²) in [6.45, 7) is 0.322. The van der Waals surface area contributed by atoms with E-state index in [2.05, 4.69) is 10.3 Å². The molecule has 0 aliphatic heterocycles. The van der Waals surface area contributed by atoms with E-state index in [1.807, 2.05) is 29.6 Å². The molecule has 122 valence electrons. The molecule has 0 aliphatic rings. The first kappa shape index (κ1) is 16.1. The maximum absolute atomic E-state index is 12.9. The Morgan fingerprint density at radius 1 is 1.17 bits per heavy atom. The van der Waals surface area contributed by atoms with E-state index in [1.165, 1.54) is 35.6 Å². The van der Waals surface area contributed by atoms with Gasteiger partial charge in [0.15, 0.2) is 0 Å². The molecule has 24 heavy (non-hydrogen) atoms. The van der Waals surface area contributed by atoms with Crippen molar-refractivity contribution >= 4 is 17.2 Å². The molecule has 0 saturated carbocycles. The summed E-state index contributed by atoms with van der Waals surface area (Å²) in [5, 5.41) is 5.57. The number of nitrogens with one attached hydrogen (secondary N) is 1. The van der Waals surface area contributed by atoms with Gasteiger partial charge in [-0.25, -0.2) is 9.37 Å². The smallest absolute Gasteiger partial charge is 0.251 e. The number of benzene rings is 2. The molecule has 3 rings (SSSR count). The van der Waals surface area contributed by atoms with Gasteiger partial charge < -0.3 is 10.1 Å². The van der Waals surface area contributed by atoms with E-state index in [4.69, 9.17) is 4.74 Å². The summed E-state index contributed by atoms with van der Waals surface area (Å²) < 4.78 is 18.0. The Balaban J connectivity index is 1.63. The monoisotopic (exact) mass is 342 g/mol. The van der Waals surface area contributed by atoms with Crippen LogP contribution in [0.15, 0.2) is 53.9 Å². The predicted molar refractivity (Wildman–Crippen MR) is 91.7 cm³/mol. The van der Waals surface area contributed by atoms with Gasteiger partial charge in [0.25, 0.3) is 5.91 Å². The zero-order valence-corrected chi connectivity index (χ0v) is 13.8. The number of ether oxygens (including phenoxy) is 1. The number of nitrogens with zero attached hydrogens (tertiary/aromatic N) is 1. The second-order valence-corrected chi connectivity index (χ2v) is 5.92. The number of carbonyl (C=O) groups is 1. The summed E-state index contributed by atoms with van der Waals surface area (Å²) in [6.07, 6.45) is 0. The van der Waals surface area contributed by atoms with E-state index in [0.29, 0.717) is 12.1 Å². The second kappa shape index (κ2) is 7.23. The molecule has 0 unspecified atom stereocenters. The fourth-order valence-electron chi connectivity index (χ4n) is 2.13. The fraction of sp³-hybridized carbons (Fsp3) is 0.111. The van der Waals surface area contributed by atoms with Gasteiger partial charge in [0.05, 0.1) is 19.3 Å². The SMILES string of the molecule is COc1ccc(-c2nc(CNC(=O)c3ccc(F)cc3)cs2)cc1. The molecular formula is C18H15FN2O2S. The van der Waals surface area contributed by atoms with Gasteiger partial charge in [0.1, 0.15) is 16.6 Å². The van der Waals surface area contributed by atoms with Crippen molar-refractivity contribution in [2.45, 2.75) is 6.54 Å². The summed E-state index contributed by atoms with van der Waals surface area (Å²) in [7, 11) is 1.63. The summed E-state index contributed by atoms with van der Waals surface area (Å²) in [5.41, 5.74) is 2.19. The molecule has 0 bridgehead atoms. The molecule has 0 atom stereocenters. The molecule has 1 N–H and O–H groups in total. The Morgan fingerprint density at radius 2 is 1.88 bits per heavy atom. The van der Waals surface area contributed by atoms with Crippen molar-refractivity contribution in [3.05, 3.63) is 71.0 Å². The first-order chi connectivity index (χ1) is 11.7. The van der Waals surface area contributed by atoms with Crippen LogP contribution < -0.4 is 10.1 Å². The molecule has 1 amide bonds. The van der Waals surface area contributed by atoms with Crippen LogP contribution in [-0.2, 0) is 6.54 Å². The molecule has 0 saturated heterocycles.